The van der Waals surface area contributed by atoms with Crippen molar-refractivity contribution in [2.24, 2.45) is 0 Å². The third-order valence-corrected chi connectivity index (χ3v) is 2.99. The van der Waals surface area contributed by atoms with Crippen molar-refractivity contribution < 1.29 is 19.2 Å². The number of benzene rings is 1. The molecule has 0 amide bonds. The average Bonchev–Trinajstić information content (AvgIpc) is 2.70. The predicted molar refractivity (Wildman–Crippen MR) is 67.9 cm³/mol. The molecule has 0 radical (unpaired) electrons. The summed E-state index contributed by atoms with van der Waals surface area (Å²) in [6.45, 7) is 5.34. The fraction of sp³-hybridized carbons (Fsp3) is 0.286. The van der Waals surface area contributed by atoms with Gasteiger partial charge in [0.25, 0.3) is 0 Å². The Morgan fingerprint density at radius 1 is 1.37 bits per heavy atom. The summed E-state index contributed by atoms with van der Waals surface area (Å²) >= 11 is 0. The zero-order valence-electron chi connectivity index (χ0n) is 11.1. The molecule has 1 aromatic heterocycles. The molecule has 0 aliphatic carbocycles. The number of nitrogens with zero attached hydrogens (tertiary/aromatic N) is 1. The van der Waals surface area contributed by atoms with Gasteiger partial charge in [-0.1, -0.05) is 17.3 Å². The molecule has 19 heavy (non-hydrogen) atoms. The number of phenolic OH excluding ortho intramolecular Hbond substituents is 1. The van der Waals surface area contributed by atoms with Gasteiger partial charge in [0.1, 0.15) is 23.7 Å². The van der Waals surface area contributed by atoms with Crippen molar-refractivity contribution >= 4 is 5.97 Å². The van der Waals surface area contributed by atoms with Gasteiger partial charge in [0.2, 0.25) is 0 Å². The quantitative estimate of drug-likeness (QED) is 0.860. The molecule has 0 atom stereocenters. The Hall–Kier alpha value is -2.30. The summed E-state index contributed by atoms with van der Waals surface area (Å²) in [5.41, 5.74) is 2.23. The molecule has 1 aromatic carbocycles. The predicted octanol–water partition coefficient (Wildman–Crippen LogP) is 2.66. The first-order valence-electron chi connectivity index (χ1n) is 5.88. The molecule has 2 aromatic rings. The maximum Gasteiger partial charge on any atom is 0.342 e. The number of aryl methyl sites for hydroxylation is 3. The fourth-order valence-electron chi connectivity index (χ4n) is 1.75. The van der Waals surface area contributed by atoms with Crippen LogP contribution in [-0.4, -0.2) is 16.2 Å². The molecule has 0 aliphatic heterocycles. The molecular weight excluding hydrogens is 246 g/mol. The molecule has 0 aliphatic rings. The highest BCUT2D eigenvalue weighted by Crippen LogP contribution is 2.23. The maximum atomic E-state index is 11.9. The zero-order chi connectivity index (χ0) is 14.0. The summed E-state index contributed by atoms with van der Waals surface area (Å²) in [5.74, 6) is 0.00577. The molecule has 1 N–H and O–H groups in total. The van der Waals surface area contributed by atoms with Crippen molar-refractivity contribution in [3.05, 3.63) is 46.3 Å². The minimum atomic E-state index is -0.568. The first-order chi connectivity index (χ1) is 9.00. The SMILES string of the molecule is Cc1cccc(C(=O)OCc2c(C)noc2C)c1O. The van der Waals surface area contributed by atoms with Gasteiger partial charge in [0, 0.05) is 0 Å². The van der Waals surface area contributed by atoms with Gasteiger partial charge in [-0.25, -0.2) is 4.79 Å². The van der Waals surface area contributed by atoms with Crippen molar-refractivity contribution in [1.29, 1.82) is 0 Å². The number of phenols is 1. The van der Waals surface area contributed by atoms with Gasteiger partial charge < -0.3 is 14.4 Å². The van der Waals surface area contributed by atoms with Crippen LogP contribution in [0.25, 0.3) is 0 Å². The second kappa shape index (κ2) is 5.14. The van der Waals surface area contributed by atoms with E-state index in [0.717, 1.165) is 5.56 Å². The van der Waals surface area contributed by atoms with E-state index in [1.807, 2.05) is 0 Å². The van der Waals surface area contributed by atoms with Crippen LogP contribution in [0.2, 0.25) is 0 Å². The number of rotatable bonds is 3. The number of carbonyl (C=O) groups excluding carboxylic acids is 1. The molecule has 1 heterocycles. The number of hydrogen-bond donors (Lipinski definition) is 1. The van der Waals surface area contributed by atoms with Gasteiger partial charge in [-0.2, -0.15) is 0 Å². The smallest absolute Gasteiger partial charge is 0.342 e. The summed E-state index contributed by atoms with van der Waals surface area (Å²) < 4.78 is 10.2. The van der Waals surface area contributed by atoms with Gasteiger partial charge in [-0.05, 0) is 32.4 Å². The van der Waals surface area contributed by atoms with E-state index in [1.54, 1.807) is 32.9 Å². The number of aromatic nitrogens is 1. The topological polar surface area (TPSA) is 72.6 Å². The molecule has 0 fully saturated rings. The van der Waals surface area contributed by atoms with Crippen LogP contribution >= 0.6 is 0 Å². The Bertz CT molecular complexity index is 596. The highest BCUT2D eigenvalue weighted by atomic mass is 16.5. The summed E-state index contributed by atoms with van der Waals surface area (Å²) in [4.78, 5) is 11.9. The van der Waals surface area contributed by atoms with E-state index in [0.29, 0.717) is 17.0 Å². The number of para-hydroxylation sites is 1. The average molecular weight is 261 g/mol. The second-order valence-corrected chi connectivity index (χ2v) is 4.35. The third-order valence-electron chi connectivity index (χ3n) is 2.99. The minimum absolute atomic E-state index is 0.0498. The van der Waals surface area contributed by atoms with E-state index in [1.165, 1.54) is 6.07 Å². The van der Waals surface area contributed by atoms with E-state index in [9.17, 15) is 9.90 Å². The molecule has 0 unspecified atom stereocenters. The number of ether oxygens (including phenoxy) is 1. The molecule has 0 saturated heterocycles. The van der Waals surface area contributed by atoms with Gasteiger partial charge in [-0.15, -0.1) is 0 Å². The van der Waals surface area contributed by atoms with Gasteiger partial charge in [-0.3, -0.25) is 0 Å². The van der Waals surface area contributed by atoms with E-state index in [4.69, 9.17) is 9.26 Å². The van der Waals surface area contributed by atoms with Gasteiger partial charge >= 0.3 is 5.97 Å². The number of carbonyl (C=O) groups is 1. The summed E-state index contributed by atoms with van der Waals surface area (Å²) in [7, 11) is 0. The first kappa shape index (κ1) is 13.1. The monoisotopic (exact) mass is 261 g/mol. The van der Waals surface area contributed by atoms with E-state index < -0.39 is 5.97 Å². The lowest BCUT2D eigenvalue weighted by atomic mass is 10.1. The number of aromatic hydroxyl groups is 1. The molecule has 2 rings (SSSR count). The van der Waals surface area contributed by atoms with E-state index >= 15 is 0 Å². The van der Waals surface area contributed by atoms with Crippen LogP contribution < -0.4 is 0 Å². The van der Waals surface area contributed by atoms with Crippen LogP contribution in [-0.2, 0) is 11.3 Å². The van der Waals surface area contributed by atoms with Crippen molar-refractivity contribution in [2.45, 2.75) is 27.4 Å². The van der Waals surface area contributed by atoms with Crippen LogP contribution in [0.15, 0.2) is 22.7 Å². The number of hydrogen-bond acceptors (Lipinski definition) is 5. The largest absolute Gasteiger partial charge is 0.507 e. The fourth-order valence-corrected chi connectivity index (χ4v) is 1.75. The molecule has 0 bridgehead atoms. The first-order valence-corrected chi connectivity index (χ1v) is 5.88. The molecule has 100 valence electrons. The van der Waals surface area contributed by atoms with Crippen molar-refractivity contribution in [3.63, 3.8) is 0 Å². The Labute approximate surface area is 110 Å². The maximum absolute atomic E-state index is 11.9. The Morgan fingerprint density at radius 2 is 2.11 bits per heavy atom. The highest BCUT2D eigenvalue weighted by molar-refractivity contribution is 5.92. The third kappa shape index (κ3) is 2.59. The Morgan fingerprint density at radius 3 is 2.74 bits per heavy atom. The van der Waals surface area contributed by atoms with Crippen LogP contribution in [0.5, 0.6) is 5.75 Å². The van der Waals surface area contributed by atoms with E-state index in [-0.39, 0.29) is 17.9 Å². The Balaban J connectivity index is 2.12. The highest BCUT2D eigenvalue weighted by Gasteiger charge is 2.16. The number of esters is 1. The van der Waals surface area contributed by atoms with Crippen LogP contribution in [0.3, 0.4) is 0 Å². The normalized spacial score (nSPS) is 10.5. The molecule has 0 saturated carbocycles. The van der Waals surface area contributed by atoms with Crippen LogP contribution in [0, 0.1) is 20.8 Å². The van der Waals surface area contributed by atoms with Crippen LogP contribution in [0.1, 0.15) is 32.9 Å². The minimum Gasteiger partial charge on any atom is -0.507 e. The molecule has 0 spiro atoms. The summed E-state index contributed by atoms with van der Waals surface area (Å²) in [6, 6.07) is 4.94. The summed E-state index contributed by atoms with van der Waals surface area (Å²) in [5, 5.41) is 13.6. The zero-order valence-corrected chi connectivity index (χ0v) is 11.1. The molecular formula is C14H15NO4. The lowest BCUT2D eigenvalue weighted by Gasteiger charge is -2.07. The summed E-state index contributed by atoms with van der Waals surface area (Å²) in [6.07, 6.45) is 0. The lowest BCUT2D eigenvalue weighted by molar-refractivity contribution is 0.0467. The van der Waals surface area contributed by atoms with Crippen molar-refractivity contribution in [1.82, 2.24) is 5.16 Å². The van der Waals surface area contributed by atoms with E-state index in [2.05, 4.69) is 5.16 Å². The lowest BCUT2D eigenvalue weighted by Crippen LogP contribution is -2.06. The standard InChI is InChI=1S/C14H15NO4/c1-8-5-4-6-11(13(8)16)14(17)18-7-12-9(2)15-19-10(12)3/h4-6,16H,7H2,1-3H3. The second-order valence-electron chi connectivity index (χ2n) is 4.35. The van der Waals surface area contributed by atoms with Crippen molar-refractivity contribution in [3.8, 4) is 5.75 Å². The van der Waals surface area contributed by atoms with Gasteiger partial charge in [0.05, 0.1) is 11.3 Å². The Kier molecular flexibility index (Phi) is 3.55. The molecule has 5 heteroatoms. The van der Waals surface area contributed by atoms with Crippen molar-refractivity contribution in [2.75, 3.05) is 0 Å². The van der Waals surface area contributed by atoms with Crippen LogP contribution in [0.4, 0.5) is 0 Å². The van der Waals surface area contributed by atoms with Gasteiger partial charge in [0.15, 0.2) is 0 Å². The molecule has 5 nitrogen and oxygen atoms in total.